The van der Waals surface area contributed by atoms with E-state index in [-0.39, 0.29) is 37.4 Å². The van der Waals surface area contributed by atoms with Gasteiger partial charge in [-0.05, 0) is 25.0 Å². The predicted octanol–water partition coefficient (Wildman–Crippen LogP) is 3.04. The van der Waals surface area contributed by atoms with Crippen LogP contribution in [0.25, 0.3) is 11.3 Å². The number of carbonyl (C=O) groups is 1. The van der Waals surface area contributed by atoms with E-state index >= 15 is 0 Å². The van der Waals surface area contributed by atoms with E-state index in [4.69, 9.17) is 4.52 Å². The number of carbonyl (C=O) groups excluding carboxylic acids is 1. The molecule has 1 aliphatic rings. The Hall–Kier alpha value is -2.31. The van der Waals surface area contributed by atoms with Crippen molar-refractivity contribution in [2.45, 2.75) is 37.6 Å². The Bertz CT molecular complexity index is 648. The molecule has 7 heteroatoms. The number of nitrogens with zero attached hydrogens (tertiary/aromatic N) is 2. The van der Waals surface area contributed by atoms with Crippen molar-refractivity contribution in [1.29, 1.82) is 0 Å². The summed E-state index contributed by atoms with van der Waals surface area (Å²) in [5.74, 6) is -2.58. The van der Waals surface area contributed by atoms with Crippen LogP contribution in [0, 0.1) is 0 Å². The Kier molecular flexibility index (Phi) is 3.87. The molecule has 0 bridgehead atoms. The third-order valence-corrected chi connectivity index (χ3v) is 3.74. The summed E-state index contributed by atoms with van der Waals surface area (Å²) in [5, 5.41) is 6.45. The molecule has 0 unspecified atom stereocenters. The fourth-order valence-electron chi connectivity index (χ4n) is 2.47. The van der Waals surface area contributed by atoms with Crippen molar-refractivity contribution in [2.24, 2.45) is 0 Å². The lowest BCUT2D eigenvalue weighted by molar-refractivity contribution is -0.0399. The van der Waals surface area contributed by atoms with Crippen molar-refractivity contribution < 1.29 is 18.1 Å². The SMILES string of the molecule is O=C(NC1CCC(F)(F)CC1)c1cc(-c2cccnc2)on1. The lowest BCUT2D eigenvalue weighted by Crippen LogP contribution is -2.40. The largest absolute Gasteiger partial charge is 0.355 e. The van der Waals surface area contributed by atoms with Crippen LogP contribution in [-0.2, 0) is 0 Å². The Labute approximate surface area is 125 Å². The minimum Gasteiger partial charge on any atom is -0.355 e. The molecule has 22 heavy (non-hydrogen) atoms. The van der Waals surface area contributed by atoms with E-state index in [1.54, 1.807) is 24.5 Å². The van der Waals surface area contributed by atoms with Crippen LogP contribution in [0.4, 0.5) is 8.78 Å². The zero-order chi connectivity index (χ0) is 15.6. The maximum absolute atomic E-state index is 13.1. The van der Waals surface area contributed by atoms with Crippen molar-refractivity contribution in [2.75, 3.05) is 0 Å². The van der Waals surface area contributed by atoms with Crippen molar-refractivity contribution in [3.05, 3.63) is 36.3 Å². The van der Waals surface area contributed by atoms with Gasteiger partial charge in [0, 0.05) is 42.9 Å². The number of nitrogens with one attached hydrogen (secondary N) is 1. The highest BCUT2D eigenvalue weighted by molar-refractivity contribution is 5.93. The average Bonchev–Trinajstić information content (AvgIpc) is 3.00. The average molecular weight is 307 g/mol. The molecular weight excluding hydrogens is 292 g/mol. The molecule has 0 spiro atoms. The Morgan fingerprint density at radius 1 is 1.36 bits per heavy atom. The molecule has 1 amide bonds. The van der Waals surface area contributed by atoms with Gasteiger partial charge < -0.3 is 9.84 Å². The van der Waals surface area contributed by atoms with Crippen molar-refractivity contribution >= 4 is 5.91 Å². The van der Waals surface area contributed by atoms with E-state index in [1.807, 2.05) is 0 Å². The molecule has 0 aromatic carbocycles. The molecule has 0 aliphatic heterocycles. The van der Waals surface area contributed by atoms with Crippen LogP contribution < -0.4 is 5.32 Å². The van der Waals surface area contributed by atoms with Gasteiger partial charge in [0.1, 0.15) is 0 Å². The first kappa shape index (κ1) is 14.6. The summed E-state index contributed by atoms with van der Waals surface area (Å²) in [5.41, 5.74) is 0.850. The highest BCUT2D eigenvalue weighted by Crippen LogP contribution is 2.33. The zero-order valence-corrected chi connectivity index (χ0v) is 11.8. The van der Waals surface area contributed by atoms with Crippen LogP contribution in [0.1, 0.15) is 36.2 Å². The summed E-state index contributed by atoms with van der Waals surface area (Å²) < 4.78 is 31.3. The van der Waals surface area contributed by atoms with Gasteiger partial charge in [0.2, 0.25) is 5.92 Å². The lowest BCUT2D eigenvalue weighted by Gasteiger charge is -2.28. The molecule has 1 fully saturated rings. The minimum atomic E-state index is -2.61. The molecule has 0 atom stereocenters. The molecule has 2 aromatic heterocycles. The summed E-state index contributed by atoms with van der Waals surface area (Å²) >= 11 is 0. The van der Waals surface area contributed by atoms with E-state index in [0.717, 1.165) is 0 Å². The highest BCUT2D eigenvalue weighted by Gasteiger charge is 2.35. The standard InChI is InChI=1S/C15H15F2N3O2/c16-15(17)5-3-11(4-6-15)19-14(21)12-8-13(22-20-12)10-2-1-7-18-9-10/h1-2,7-9,11H,3-6H2,(H,19,21). The van der Waals surface area contributed by atoms with Crippen molar-refractivity contribution in [3.8, 4) is 11.3 Å². The Morgan fingerprint density at radius 2 is 2.14 bits per heavy atom. The van der Waals surface area contributed by atoms with Crippen molar-refractivity contribution in [1.82, 2.24) is 15.5 Å². The number of amides is 1. The molecule has 2 aromatic rings. The maximum atomic E-state index is 13.1. The molecule has 1 aliphatic carbocycles. The topological polar surface area (TPSA) is 68.0 Å². The number of halogens is 2. The summed E-state index contributed by atoms with van der Waals surface area (Å²) in [6.07, 6.45) is 3.38. The molecule has 1 N–H and O–H groups in total. The van der Waals surface area contributed by atoms with Gasteiger partial charge in [-0.2, -0.15) is 0 Å². The number of aromatic nitrogens is 2. The van der Waals surface area contributed by atoms with E-state index in [1.165, 1.54) is 6.07 Å². The second-order valence-corrected chi connectivity index (χ2v) is 5.42. The van der Waals surface area contributed by atoms with Crippen LogP contribution >= 0.6 is 0 Å². The minimum absolute atomic E-state index is 0.135. The summed E-state index contributed by atoms with van der Waals surface area (Å²) in [6.45, 7) is 0. The maximum Gasteiger partial charge on any atom is 0.273 e. The molecule has 116 valence electrons. The molecule has 3 rings (SSSR count). The molecular formula is C15H15F2N3O2. The first-order valence-corrected chi connectivity index (χ1v) is 7.09. The number of pyridine rings is 1. The van der Waals surface area contributed by atoms with Crippen LogP contribution in [-0.4, -0.2) is 28.0 Å². The number of hydrogen-bond donors (Lipinski definition) is 1. The summed E-state index contributed by atoms with van der Waals surface area (Å²) in [7, 11) is 0. The van der Waals surface area contributed by atoms with Gasteiger partial charge in [-0.3, -0.25) is 9.78 Å². The third-order valence-electron chi connectivity index (χ3n) is 3.74. The number of rotatable bonds is 3. The summed E-state index contributed by atoms with van der Waals surface area (Å²) in [6, 6.07) is 4.81. The van der Waals surface area contributed by atoms with Gasteiger partial charge in [-0.15, -0.1) is 0 Å². The van der Waals surface area contributed by atoms with E-state index in [9.17, 15) is 13.6 Å². The normalized spacial score (nSPS) is 18.1. The quantitative estimate of drug-likeness (QED) is 0.946. The fraction of sp³-hybridized carbons (Fsp3) is 0.400. The van der Waals surface area contributed by atoms with Gasteiger partial charge in [0.15, 0.2) is 11.5 Å². The van der Waals surface area contributed by atoms with Gasteiger partial charge >= 0.3 is 0 Å². The number of alkyl halides is 2. The van der Waals surface area contributed by atoms with Crippen molar-refractivity contribution in [3.63, 3.8) is 0 Å². The Balaban J connectivity index is 1.63. The van der Waals surface area contributed by atoms with Gasteiger partial charge in [-0.1, -0.05) is 5.16 Å². The van der Waals surface area contributed by atoms with Gasteiger partial charge in [0.25, 0.3) is 5.91 Å². The second kappa shape index (κ2) is 5.82. The third kappa shape index (κ3) is 3.29. The lowest BCUT2D eigenvalue weighted by atomic mass is 9.92. The molecule has 2 heterocycles. The number of hydrogen-bond acceptors (Lipinski definition) is 4. The first-order valence-electron chi connectivity index (χ1n) is 7.09. The predicted molar refractivity (Wildman–Crippen MR) is 74.4 cm³/mol. The van der Waals surface area contributed by atoms with Gasteiger partial charge in [0.05, 0.1) is 0 Å². The van der Waals surface area contributed by atoms with E-state index < -0.39 is 11.8 Å². The van der Waals surface area contributed by atoms with E-state index in [0.29, 0.717) is 11.3 Å². The summed E-state index contributed by atoms with van der Waals surface area (Å²) in [4.78, 5) is 16.0. The van der Waals surface area contributed by atoms with E-state index in [2.05, 4.69) is 15.5 Å². The van der Waals surface area contributed by atoms with Crippen LogP contribution in [0.3, 0.4) is 0 Å². The zero-order valence-electron chi connectivity index (χ0n) is 11.8. The molecule has 5 nitrogen and oxygen atoms in total. The van der Waals surface area contributed by atoms with Crippen LogP contribution in [0.5, 0.6) is 0 Å². The highest BCUT2D eigenvalue weighted by atomic mass is 19.3. The molecule has 1 saturated carbocycles. The Morgan fingerprint density at radius 3 is 2.82 bits per heavy atom. The monoisotopic (exact) mass is 307 g/mol. The molecule has 0 radical (unpaired) electrons. The van der Waals surface area contributed by atoms with Crippen LogP contribution in [0.2, 0.25) is 0 Å². The molecule has 0 saturated heterocycles. The first-order chi connectivity index (χ1) is 10.5. The smallest absolute Gasteiger partial charge is 0.273 e. The second-order valence-electron chi connectivity index (χ2n) is 5.42. The van der Waals surface area contributed by atoms with Gasteiger partial charge in [-0.25, -0.2) is 8.78 Å². The van der Waals surface area contributed by atoms with Crippen LogP contribution in [0.15, 0.2) is 35.1 Å². The fourth-order valence-corrected chi connectivity index (χ4v) is 2.47.